The van der Waals surface area contributed by atoms with E-state index in [0.29, 0.717) is 28.3 Å². The van der Waals surface area contributed by atoms with E-state index in [0.717, 1.165) is 0 Å². The van der Waals surface area contributed by atoms with Crippen molar-refractivity contribution in [2.75, 3.05) is 0 Å². The summed E-state index contributed by atoms with van der Waals surface area (Å²) in [7, 11) is 0. The highest BCUT2D eigenvalue weighted by Crippen LogP contribution is 2.29. The van der Waals surface area contributed by atoms with Crippen LogP contribution in [0.5, 0.6) is 0 Å². The highest BCUT2D eigenvalue weighted by atomic mass is 35.5. The van der Waals surface area contributed by atoms with Crippen LogP contribution in [0, 0.1) is 6.92 Å². The Morgan fingerprint density at radius 2 is 2.31 bits per heavy atom. The maximum Gasteiger partial charge on any atom is 0.339 e. The summed E-state index contributed by atoms with van der Waals surface area (Å²) in [6.45, 7) is 4.38. The van der Waals surface area contributed by atoms with Gasteiger partial charge in [-0.3, -0.25) is 4.98 Å². The topological polar surface area (TPSA) is 55.1 Å². The number of hydrogen-bond acceptors (Lipinski definition) is 2. The molecule has 1 N–H and O–H groups in total. The van der Waals surface area contributed by atoms with E-state index in [1.807, 2.05) is 11.5 Å². The zero-order valence-electron chi connectivity index (χ0n) is 8.99. The predicted molar refractivity (Wildman–Crippen MR) is 62.1 cm³/mol. The molecule has 4 nitrogen and oxygen atoms in total. The van der Waals surface area contributed by atoms with Crippen LogP contribution < -0.4 is 0 Å². The summed E-state index contributed by atoms with van der Waals surface area (Å²) in [5.41, 5.74) is 2.07. The van der Waals surface area contributed by atoms with Crippen molar-refractivity contribution in [1.29, 1.82) is 0 Å². The van der Waals surface area contributed by atoms with Gasteiger partial charge in [0.05, 0.1) is 10.5 Å². The van der Waals surface area contributed by atoms with Gasteiger partial charge in [-0.25, -0.2) is 4.79 Å². The van der Waals surface area contributed by atoms with E-state index in [1.54, 1.807) is 13.0 Å². The zero-order valence-corrected chi connectivity index (χ0v) is 9.75. The molecule has 0 saturated heterocycles. The molecule has 2 rings (SSSR count). The van der Waals surface area contributed by atoms with Crippen LogP contribution in [0.25, 0.3) is 11.0 Å². The Hall–Kier alpha value is -1.55. The largest absolute Gasteiger partial charge is 0.478 e. The number of nitrogens with zero attached hydrogens (tertiary/aromatic N) is 2. The lowest BCUT2D eigenvalue weighted by molar-refractivity contribution is 0.0697. The number of carboxylic acids is 1. The summed E-state index contributed by atoms with van der Waals surface area (Å²) in [4.78, 5) is 15.3. The lowest BCUT2D eigenvalue weighted by atomic mass is 10.2. The van der Waals surface area contributed by atoms with E-state index < -0.39 is 5.97 Å². The van der Waals surface area contributed by atoms with Crippen molar-refractivity contribution >= 4 is 28.6 Å². The number of fused-ring (bicyclic) bond motifs is 1. The second-order valence-electron chi connectivity index (χ2n) is 3.50. The average Bonchev–Trinajstić information content (AvgIpc) is 2.51. The molecule has 0 saturated carbocycles. The summed E-state index contributed by atoms with van der Waals surface area (Å²) >= 11 is 6.08. The van der Waals surface area contributed by atoms with Crippen LogP contribution in [-0.4, -0.2) is 20.6 Å². The molecule has 2 aromatic heterocycles. The first-order valence-corrected chi connectivity index (χ1v) is 5.32. The van der Waals surface area contributed by atoms with Crippen molar-refractivity contribution in [3.05, 3.63) is 28.5 Å². The minimum Gasteiger partial charge on any atom is -0.478 e. The Bertz CT molecular complexity index is 575. The van der Waals surface area contributed by atoms with Crippen LogP contribution in [0.4, 0.5) is 0 Å². The smallest absolute Gasteiger partial charge is 0.339 e. The van der Waals surface area contributed by atoms with Crippen molar-refractivity contribution in [3.8, 4) is 0 Å². The third kappa shape index (κ3) is 1.38. The van der Waals surface area contributed by atoms with E-state index in [9.17, 15) is 4.79 Å². The third-order valence-corrected chi connectivity index (χ3v) is 2.98. The Kier molecular flexibility index (Phi) is 2.59. The van der Waals surface area contributed by atoms with Gasteiger partial charge in [0, 0.05) is 18.4 Å². The van der Waals surface area contributed by atoms with E-state index in [-0.39, 0.29) is 5.56 Å². The van der Waals surface area contributed by atoms with E-state index in [4.69, 9.17) is 16.7 Å². The van der Waals surface area contributed by atoms with Crippen molar-refractivity contribution in [3.63, 3.8) is 0 Å². The van der Waals surface area contributed by atoms with Crippen molar-refractivity contribution < 1.29 is 9.90 Å². The molecule has 2 aromatic rings. The maximum absolute atomic E-state index is 11.2. The second kappa shape index (κ2) is 3.79. The van der Waals surface area contributed by atoms with Crippen LogP contribution in [0.2, 0.25) is 5.02 Å². The van der Waals surface area contributed by atoms with Crippen LogP contribution in [-0.2, 0) is 6.54 Å². The molecular formula is C11H11ClN2O2. The van der Waals surface area contributed by atoms with E-state index in [2.05, 4.69) is 4.98 Å². The molecule has 0 bridgehead atoms. The maximum atomic E-state index is 11.2. The number of aryl methyl sites for hydroxylation is 1. The normalized spacial score (nSPS) is 10.9. The van der Waals surface area contributed by atoms with Gasteiger partial charge in [0.2, 0.25) is 0 Å². The fourth-order valence-electron chi connectivity index (χ4n) is 2.00. The first-order chi connectivity index (χ1) is 7.57. The SMILES string of the molecule is CCn1c(C)c(C(=O)O)c2nccc(Cl)c21. The van der Waals surface area contributed by atoms with Gasteiger partial charge in [0.25, 0.3) is 0 Å². The summed E-state index contributed by atoms with van der Waals surface area (Å²) in [5.74, 6) is -0.968. The number of aromatic carboxylic acids is 1. The minimum atomic E-state index is -0.968. The highest BCUT2D eigenvalue weighted by Gasteiger charge is 2.21. The first kappa shape index (κ1) is 11.0. The van der Waals surface area contributed by atoms with E-state index in [1.165, 1.54) is 6.20 Å². The van der Waals surface area contributed by atoms with Crippen LogP contribution >= 0.6 is 11.6 Å². The van der Waals surface area contributed by atoms with Gasteiger partial charge in [-0.1, -0.05) is 11.6 Å². The molecule has 0 spiro atoms. The molecule has 0 aromatic carbocycles. The fourth-order valence-corrected chi connectivity index (χ4v) is 2.24. The number of carboxylic acid groups (broad SMARTS) is 1. The minimum absolute atomic E-state index is 0.236. The van der Waals surface area contributed by atoms with Gasteiger partial charge in [-0.15, -0.1) is 0 Å². The van der Waals surface area contributed by atoms with Gasteiger partial charge in [-0.05, 0) is 19.9 Å². The number of carbonyl (C=O) groups is 1. The lowest BCUT2D eigenvalue weighted by Gasteiger charge is -2.04. The predicted octanol–water partition coefficient (Wildman–Crippen LogP) is 2.72. The standard InChI is InChI=1S/C11H11ClN2O2/c1-3-14-6(2)8(11(15)16)9-10(14)7(12)4-5-13-9/h4-5H,3H2,1-2H3,(H,15,16). The molecule has 0 aliphatic carbocycles. The molecular weight excluding hydrogens is 228 g/mol. The molecule has 5 heteroatoms. The zero-order chi connectivity index (χ0) is 11.9. The average molecular weight is 239 g/mol. The lowest BCUT2D eigenvalue weighted by Crippen LogP contribution is -2.01. The molecule has 0 fully saturated rings. The molecule has 2 heterocycles. The van der Waals surface area contributed by atoms with Crippen LogP contribution in [0.15, 0.2) is 12.3 Å². The number of hydrogen-bond donors (Lipinski definition) is 1. The van der Waals surface area contributed by atoms with Gasteiger partial charge >= 0.3 is 5.97 Å². The molecule has 0 atom stereocenters. The summed E-state index contributed by atoms with van der Waals surface area (Å²) in [6.07, 6.45) is 1.52. The van der Waals surface area contributed by atoms with Gasteiger partial charge in [-0.2, -0.15) is 0 Å². The quantitative estimate of drug-likeness (QED) is 0.875. The Morgan fingerprint density at radius 3 is 2.88 bits per heavy atom. The van der Waals surface area contributed by atoms with Gasteiger partial charge in [0.1, 0.15) is 11.1 Å². The summed E-state index contributed by atoms with van der Waals surface area (Å²) < 4.78 is 1.87. The monoisotopic (exact) mass is 238 g/mol. The number of pyridine rings is 1. The highest BCUT2D eigenvalue weighted by molar-refractivity contribution is 6.35. The molecule has 84 valence electrons. The molecule has 0 aliphatic rings. The molecule has 16 heavy (non-hydrogen) atoms. The summed E-state index contributed by atoms with van der Waals surface area (Å²) in [5, 5.41) is 9.70. The van der Waals surface area contributed by atoms with Crippen molar-refractivity contribution in [2.24, 2.45) is 0 Å². The van der Waals surface area contributed by atoms with Crippen LogP contribution in [0.3, 0.4) is 0 Å². The first-order valence-electron chi connectivity index (χ1n) is 4.94. The van der Waals surface area contributed by atoms with Gasteiger partial charge in [0.15, 0.2) is 0 Å². The van der Waals surface area contributed by atoms with Gasteiger partial charge < -0.3 is 9.67 Å². The fraction of sp³-hybridized carbons (Fsp3) is 0.273. The number of rotatable bonds is 2. The third-order valence-electron chi connectivity index (χ3n) is 2.68. The second-order valence-corrected chi connectivity index (χ2v) is 3.91. The van der Waals surface area contributed by atoms with E-state index >= 15 is 0 Å². The number of aromatic nitrogens is 2. The molecule has 0 amide bonds. The molecule has 0 unspecified atom stereocenters. The Morgan fingerprint density at radius 1 is 1.62 bits per heavy atom. The summed E-state index contributed by atoms with van der Waals surface area (Å²) in [6, 6.07) is 1.67. The van der Waals surface area contributed by atoms with Crippen molar-refractivity contribution in [2.45, 2.75) is 20.4 Å². The van der Waals surface area contributed by atoms with Crippen molar-refractivity contribution in [1.82, 2.24) is 9.55 Å². The Labute approximate surface area is 97.5 Å². The molecule has 0 radical (unpaired) electrons. The number of halogens is 1. The Balaban J connectivity index is 2.98. The van der Waals surface area contributed by atoms with Crippen LogP contribution in [0.1, 0.15) is 23.0 Å². The molecule has 0 aliphatic heterocycles.